The lowest BCUT2D eigenvalue weighted by Gasteiger charge is -2.10. The van der Waals surface area contributed by atoms with Crippen LogP contribution < -0.4 is 9.46 Å². The average molecular weight is 318 g/mol. The van der Waals surface area contributed by atoms with Gasteiger partial charge in [0, 0.05) is 0 Å². The molecule has 7 heteroatoms. The van der Waals surface area contributed by atoms with Crippen LogP contribution >= 0.6 is 22.9 Å². The van der Waals surface area contributed by atoms with Gasteiger partial charge in [-0.15, -0.1) is 11.3 Å². The van der Waals surface area contributed by atoms with Crippen molar-refractivity contribution in [1.29, 1.82) is 0 Å². The van der Waals surface area contributed by atoms with Crippen LogP contribution in [0, 0.1) is 6.92 Å². The minimum atomic E-state index is -3.59. The molecule has 0 aliphatic rings. The monoisotopic (exact) mass is 317 g/mol. The molecule has 1 aromatic carbocycles. The number of halogens is 1. The molecular weight excluding hydrogens is 306 g/mol. The first kappa shape index (κ1) is 14.2. The van der Waals surface area contributed by atoms with Gasteiger partial charge >= 0.3 is 0 Å². The van der Waals surface area contributed by atoms with E-state index in [9.17, 15) is 8.42 Å². The van der Waals surface area contributed by atoms with Crippen molar-refractivity contribution in [1.82, 2.24) is 0 Å². The molecule has 0 saturated heterocycles. The SMILES string of the molecule is COc1ccc(NS(=O)(=O)c2ccc(Cl)s2)c(C)c1. The normalized spacial score (nSPS) is 11.3. The number of sulfonamides is 1. The second-order valence-corrected chi connectivity index (χ2v) is 7.47. The van der Waals surface area contributed by atoms with E-state index in [0.717, 1.165) is 16.9 Å². The minimum absolute atomic E-state index is 0.188. The lowest BCUT2D eigenvalue weighted by atomic mass is 10.2. The van der Waals surface area contributed by atoms with Crippen LogP contribution in [0.1, 0.15) is 5.56 Å². The Hall–Kier alpha value is -1.24. The molecule has 0 bridgehead atoms. The number of nitrogens with one attached hydrogen (secondary N) is 1. The van der Waals surface area contributed by atoms with Crippen molar-refractivity contribution in [3.63, 3.8) is 0 Å². The van der Waals surface area contributed by atoms with Gasteiger partial charge in [-0.25, -0.2) is 8.42 Å². The van der Waals surface area contributed by atoms with Crippen LogP contribution in [0.5, 0.6) is 5.75 Å². The zero-order valence-corrected chi connectivity index (χ0v) is 12.7. The van der Waals surface area contributed by atoms with Crippen LogP contribution in [0.2, 0.25) is 4.34 Å². The fourth-order valence-electron chi connectivity index (χ4n) is 1.51. The number of methoxy groups -OCH3 is 1. The van der Waals surface area contributed by atoms with Crippen LogP contribution in [-0.4, -0.2) is 15.5 Å². The zero-order chi connectivity index (χ0) is 14.0. The Labute approximate surface area is 121 Å². The molecule has 2 aromatic rings. The number of hydrogen-bond acceptors (Lipinski definition) is 4. The molecule has 0 saturated carbocycles. The largest absolute Gasteiger partial charge is 0.497 e. The van der Waals surface area contributed by atoms with Gasteiger partial charge in [0.15, 0.2) is 0 Å². The van der Waals surface area contributed by atoms with Crippen LogP contribution in [0.4, 0.5) is 5.69 Å². The summed E-state index contributed by atoms with van der Waals surface area (Å²) in [5.74, 6) is 0.680. The van der Waals surface area contributed by atoms with E-state index in [2.05, 4.69) is 4.72 Å². The zero-order valence-electron chi connectivity index (χ0n) is 10.3. The van der Waals surface area contributed by atoms with Crippen molar-refractivity contribution in [2.45, 2.75) is 11.1 Å². The summed E-state index contributed by atoms with van der Waals surface area (Å²) in [5.41, 5.74) is 1.30. The highest BCUT2D eigenvalue weighted by molar-refractivity contribution is 7.94. The van der Waals surface area contributed by atoms with Crippen molar-refractivity contribution < 1.29 is 13.2 Å². The van der Waals surface area contributed by atoms with Gasteiger partial charge in [-0.3, -0.25) is 4.72 Å². The van der Waals surface area contributed by atoms with Crippen molar-refractivity contribution in [2.75, 3.05) is 11.8 Å². The van der Waals surface area contributed by atoms with Gasteiger partial charge in [0.05, 0.1) is 17.1 Å². The van der Waals surface area contributed by atoms with E-state index >= 15 is 0 Å². The van der Waals surface area contributed by atoms with E-state index in [1.165, 1.54) is 6.07 Å². The molecule has 0 aliphatic carbocycles. The summed E-state index contributed by atoms with van der Waals surface area (Å²) in [6, 6.07) is 8.17. The second kappa shape index (κ2) is 5.40. The molecule has 102 valence electrons. The maximum atomic E-state index is 12.1. The third-order valence-corrected chi connectivity index (χ3v) is 5.58. The lowest BCUT2D eigenvalue weighted by molar-refractivity contribution is 0.414. The van der Waals surface area contributed by atoms with Crippen molar-refractivity contribution in [2.24, 2.45) is 0 Å². The molecule has 0 aliphatic heterocycles. The summed E-state index contributed by atoms with van der Waals surface area (Å²) in [5, 5.41) is 0. The quantitative estimate of drug-likeness (QED) is 0.938. The van der Waals surface area contributed by atoms with E-state index in [0.29, 0.717) is 15.8 Å². The predicted molar refractivity (Wildman–Crippen MR) is 77.9 cm³/mol. The maximum Gasteiger partial charge on any atom is 0.271 e. The van der Waals surface area contributed by atoms with Crippen LogP contribution in [0.15, 0.2) is 34.5 Å². The fourth-order valence-corrected chi connectivity index (χ4v) is 4.13. The summed E-state index contributed by atoms with van der Waals surface area (Å²) in [6.07, 6.45) is 0. The van der Waals surface area contributed by atoms with Crippen LogP contribution in [-0.2, 0) is 10.0 Å². The first-order chi connectivity index (χ1) is 8.92. The number of aryl methyl sites for hydroxylation is 1. The molecule has 4 nitrogen and oxygen atoms in total. The summed E-state index contributed by atoms with van der Waals surface area (Å²) in [6.45, 7) is 1.81. The highest BCUT2D eigenvalue weighted by atomic mass is 35.5. The molecule has 2 rings (SSSR count). The Bertz CT molecular complexity index is 695. The Morgan fingerprint density at radius 1 is 1.26 bits per heavy atom. The van der Waals surface area contributed by atoms with Gasteiger partial charge in [0.1, 0.15) is 9.96 Å². The Morgan fingerprint density at radius 3 is 2.53 bits per heavy atom. The summed E-state index contributed by atoms with van der Waals surface area (Å²) in [7, 11) is -2.03. The van der Waals surface area contributed by atoms with Gasteiger partial charge in [0.2, 0.25) is 0 Å². The highest BCUT2D eigenvalue weighted by Gasteiger charge is 2.17. The van der Waals surface area contributed by atoms with Crippen LogP contribution in [0.25, 0.3) is 0 Å². The van der Waals surface area contributed by atoms with Crippen LogP contribution in [0.3, 0.4) is 0 Å². The molecule has 19 heavy (non-hydrogen) atoms. The molecule has 0 atom stereocenters. The highest BCUT2D eigenvalue weighted by Crippen LogP contribution is 2.29. The van der Waals surface area contributed by atoms with Gasteiger partial charge in [0.25, 0.3) is 10.0 Å². The Kier molecular flexibility index (Phi) is 4.03. The number of ether oxygens (including phenoxy) is 1. The van der Waals surface area contributed by atoms with Gasteiger partial charge in [-0.1, -0.05) is 11.6 Å². The van der Waals surface area contributed by atoms with Crippen molar-refractivity contribution in [3.05, 3.63) is 40.2 Å². The standard InChI is InChI=1S/C12H12ClNO3S2/c1-8-7-9(17-2)3-4-10(8)14-19(15,16)12-6-5-11(13)18-12/h3-7,14H,1-2H3. The molecular formula is C12H12ClNO3S2. The topological polar surface area (TPSA) is 55.4 Å². The molecule has 1 heterocycles. The smallest absolute Gasteiger partial charge is 0.271 e. The number of thiophene rings is 1. The van der Waals surface area contributed by atoms with E-state index < -0.39 is 10.0 Å². The number of benzene rings is 1. The fraction of sp³-hybridized carbons (Fsp3) is 0.167. The summed E-state index contributed by atoms with van der Waals surface area (Å²) < 4.78 is 32.5. The Balaban J connectivity index is 2.30. The molecule has 0 fully saturated rings. The van der Waals surface area contributed by atoms with E-state index in [1.807, 2.05) is 6.92 Å². The lowest BCUT2D eigenvalue weighted by Crippen LogP contribution is -2.12. The molecule has 1 aromatic heterocycles. The third kappa shape index (κ3) is 3.20. The average Bonchev–Trinajstić information content (AvgIpc) is 2.79. The van der Waals surface area contributed by atoms with E-state index in [-0.39, 0.29) is 4.21 Å². The van der Waals surface area contributed by atoms with Crippen molar-refractivity contribution in [3.8, 4) is 5.75 Å². The third-order valence-electron chi connectivity index (χ3n) is 2.49. The van der Waals surface area contributed by atoms with Gasteiger partial charge < -0.3 is 4.74 Å². The van der Waals surface area contributed by atoms with E-state index in [1.54, 1.807) is 31.4 Å². The van der Waals surface area contributed by atoms with E-state index in [4.69, 9.17) is 16.3 Å². The van der Waals surface area contributed by atoms with Crippen molar-refractivity contribution >= 4 is 38.6 Å². The molecule has 1 N–H and O–H groups in total. The first-order valence-electron chi connectivity index (χ1n) is 5.35. The predicted octanol–water partition coefficient (Wildman–Crippen LogP) is 3.52. The number of rotatable bonds is 4. The number of anilines is 1. The Morgan fingerprint density at radius 2 is 2.00 bits per heavy atom. The van der Waals surface area contributed by atoms with Gasteiger partial charge in [-0.2, -0.15) is 0 Å². The summed E-state index contributed by atoms with van der Waals surface area (Å²) >= 11 is 6.77. The molecule has 0 amide bonds. The summed E-state index contributed by atoms with van der Waals surface area (Å²) in [4.78, 5) is 0. The first-order valence-corrected chi connectivity index (χ1v) is 8.03. The second-order valence-electron chi connectivity index (χ2n) is 3.84. The molecule has 0 spiro atoms. The maximum absolute atomic E-state index is 12.1. The molecule has 0 radical (unpaired) electrons. The number of hydrogen-bond donors (Lipinski definition) is 1. The minimum Gasteiger partial charge on any atom is -0.497 e. The van der Waals surface area contributed by atoms with Gasteiger partial charge in [-0.05, 0) is 42.8 Å². The molecule has 0 unspecified atom stereocenters.